The Labute approximate surface area is 304 Å². The normalized spacial score (nSPS) is 12.1. The van der Waals surface area contributed by atoms with Gasteiger partial charge in [0.15, 0.2) is 0 Å². The summed E-state index contributed by atoms with van der Waals surface area (Å²) in [6, 6.07) is 64.8. The number of hydrogen-bond donors (Lipinski definition) is 0. The lowest BCUT2D eigenvalue weighted by Crippen LogP contribution is -2.10. The number of hydrogen-bond acceptors (Lipinski definition) is 1. The zero-order chi connectivity index (χ0) is 35.0. The molecule has 0 spiro atoms. The van der Waals surface area contributed by atoms with E-state index in [4.69, 9.17) is 0 Å². The van der Waals surface area contributed by atoms with Crippen LogP contribution >= 0.6 is 0 Å². The molecule has 0 N–H and O–H groups in total. The summed E-state index contributed by atoms with van der Waals surface area (Å²) in [5.41, 5.74) is 11.0. The Morgan fingerprint density at radius 2 is 0.904 bits per heavy atom. The molecule has 10 rings (SSSR count). The van der Waals surface area contributed by atoms with E-state index in [0.717, 1.165) is 17.1 Å². The van der Waals surface area contributed by atoms with Crippen LogP contribution in [0.15, 0.2) is 176 Å². The van der Waals surface area contributed by atoms with Gasteiger partial charge >= 0.3 is 0 Å². The second-order valence-electron chi connectivity index (χ2n) is 15.0. The Hall–Kier alpha value is -6.38. The highest BCUT2D eigenvalue weighted by atomic mass is 15.1. The van der Waals surface area contributed by atoms with Crippen molar-refractivity contribution in [3.8, 4) is 16.8 Å². The number of rotatable bonds is 5. The van der Waals surface area contributed by atoms with Crippen LogP contribution < -0.4 is 4.90 Å². The van der Waals surface area contributed by atoms with Crippen LogP contribution in [0, 0.1) is 0 Å². The van der Waals surface area contributed by atoms with E-state index in [0.29, 0.717) is 0 Å². The minimum absolute atomic E-state index is 0.131. The molecule has 1 aromatic heterocycles. The molecule has 2 heteroatoms. The quantitative estimate of drug-likeness (QED) is 0.166. The van der Waals surface area contributed by atoms with Gasteiger partial charge in [0.1, 0.15) is 0 Å². The van der Waals surface area contributed by atoms with E-state index < -0.39 is 0 Å². The average Bonchev–Trinajstić information content (AvgIpc) is 3.52. The highest BCUT2D eigenvalue weighted by Crippen LogP contribution is 2.46. The molecule has 0 unspecified atom stereocenters. The van der Waals surface area contributed by atoms with Crippen LogP contribution in [0.1, 0.15) is 26.3 Å². The van der Waals surface area contributed by atoms with Crippen molar-refractivity contribution in [1.29, 1.82) is 0 Å². The number of para-hydroxylation sites is 3. The molecule has 0 saturated heterocycles. The maximum absolute atomic E-state index is 2.45. The first-order chi connectivity index (χ1) is 25.4. The van der Waals surface area contributed by atoms with Crippen molar-refractivity contribution in [1.82, 2.24) is 4.57 Å². The van der Waals surface area contributed by atoms with Gasteiger partial charge in [-0.2, -0.15) is 0 Å². The van der Waals surface area contributed by atoms with Gasteiger partial charge in [-0.1, -0.05) is 148 Å². The lowest BCUT2D eigenvalue weighted by atomic mass is 9.86. The number of benzene rings is 9. The monoisotopic (exact) mass is 666 g/mol. The Balaban J connectivity index is 1.17. The van der Waals surface area contributed by atoms with Crippen LogP contribution in [-0.2, 0) is 5.41 Å². The fourth-order valence-corrected chi connectivity index (χ4v) is 8.31. The molecule has 1 heterocycles. The third-order valence-electron chi connectivity index (χ3n) is 10.9. The van der Waals surface area contributed by atoms with Crippen LogP contribution in [0.5, 0.6) is 0 Å². The molecule has 0 aliphatic rings. The molecular formula is C50H38N2. The molecule has 0 aliphatic heterocycles. The number of fused-ring (bicyclic) bond motifs is 3. The molecule has 52 heavy (non-hydrogen) atoms. The third kappa shape index (κ3) is 4.72. The minimum atomic E-state index is 0.131. The van der Waals surface area contributed by atoms with Gasteiger partial charge in [0.05, 0.1) is 22.4 Å². The zero-order valence-corrected chi connectivity index (χ0v) is 29.6. The summed E-state index contributed by atoms with van der Waals surface area (Å²) in [6.45, 7) is 6.79. The van der Waals surface area contributed by atoms with Gasteiger partial charge in [0.2, 0.25) is 0 Å². The van der Waals surface area contributed by atoms with Crippen LogP contribution in [0.2, 0.25) is 0 Å². The van der Waals surface area contributed by atoms with Crippen LogP contribution in [-0.4, -0.2) is 4.57 Å². The van der Waals surface area contributed by atoms with Crippen molar-refractivity contribution < 1.29 is 0 Å². The molecule has 0 radical (unpaired) electrons. The van der Waals surface area contributed by atoms with E-state index in [2.05, 4.69) is 206 Å². The summed E-state index contributed by atoms with van der Waals surface area (Å²) in [7, 11) is 0. The van der Waals surface area contributed by atoms with E-state index in [1.54, 1.807) is 0 Å². The van der Waals surface area contributed by atoms with Gasteiger partial charge in [-0.25, -0.2) is 0 Å². The fourth-order valence-electron chi connectivity index (χ4n) is 8.31. The van der Waals surface area contributed by atoms with E-state index in [1.165, 1.54) is 76.5 Å². The first-order valence-electron chi connectivity index (χ1n) is 18.2. The molecule has 0 amide bonds. The Morgan fingerprint density at radius 1 is 0.404 bits per heavy atom. The number of aromatic nitrogens is 1. The molecule has 9 aromatic carbocycles. The van der Waals surface area contributed by atoms with E-state index >= 15 is 0 Å². The van der Waals surface area contributed by atoms with E-state index in [1.807, 2.05) is 0 Å². The summed E-state index contributed by atoms with van der Waals surface area (Å²) in [5.74, 6) is 0. The maximum Gasteiger partial charge on any atom is 0.0541 e. The molecule has 0 aliphatic carbocycles. The Morgan fingerprint density at radius 3 is 1.54 bits per heavy atom. The summed E-state index contributed by atoms with van der Waals surface area (Å²) < 4.78 is 2.45. The van der Waals surface area contributed by atoms with Gasteiger partial charge < -0.3 is 9.47 Å². The fraction of sp³-hybridized carbons (Fsp3) is 0.0800. The minimum Gasteiger partial charge on any atom is -0.310 e. The second kappa shape index (κ2) is 11.6. The van der Waals surface area contributed by atoms with Gasteiger partial charge in [0, 0.05) is 32.9 Å². The topological polar surface area (TPSA) is 8.17 Å². The SMILES string of the molecule is CC(C)(C)c1ccc(-c2ccc(N(c3ccccc3)c3ccc4ccc5c(-n6c7ccccc7c7ccccc76)ccc6ccc3c4c65)cc2)cc1. The molecule has 10 aromatic rings. The van der Waals surface area contributed by atoms with Crippen molar-refractivity contribution in [2.75, 3.05) is 4.90 Å². The molecule has 0 atom stereocenters. The van der Waals surface area contributed by atoms with Gasteiger partial charge in [-0.15, -0.1) is 0 Å². The van der Waals surface area contributed by atoms with Crippen molar-refractivity contribution in [2.24, 2.45) is 0 Å². The predicted molar refractivity (Wildman–Crippen MR) is 223 cm³/mol. The lowest BCUT2D eigenvalue weighted by molar-refractivity contribution is 0.590. The molecule has 0 bridgehead atoms. The van der Waals surface area contributed by atoms with Gasteiger partial charge in [-0.05, 0) is 92.2 Å². The standard InChI is InChI=1S/C50H38N2/c1-50(2,3)37-25-17-33(18-26-37)34-19-27-39(28-20-34)51(38-11-5-4-6-12-38)46-31-23-35-22-30-43-47(32-24-36-21-29-42(46)48(35)49(36)43)52-44-15-9-7-13-40(44)41-14-8-10-16-45(41)52/h4-32H,1-3H3. The van der Waals surface area contributed by atoms with E-state index in [-0.39, 0.29) is 5.41 Å². The first kappa shape index (κ1) is 30.4. The van der Waals surface area contributed by atoms with Crippen LogP contribution in [0.25, 0.3) is 70.9 Å². The van der Waals surface area contributed by atoms with Crippen molar-refractivity contribution >= 4 is 71.2 Å². The molecule has 0 fully saturated rings. The second-order valence-corrected chi connectivity index (χ2v) is 15.0. The van der Waals surface area contributed by atoms with E-state index in [9.17, 15) is 0 Å². The average molecular weight is 667 g/mol. The molecule has 248 valence electrons. The first-order valence-corrected chi connectivity index (χ1v) is 18.2. The van der Waals surface area contributed by atoms with Crippen molar-refractivity contribution in [2.45, 2.75) is 26.2 Å². The summed E-state index contributed by atoms with van der Waals surface area (Å²) in [5, 5.41) is 10.1. The summed E-state index contributed by atoms with van der Waals surface area (Å²) in [4.78, 5) is 2.41. The number of nitrogens with zero attached hydrogens (tertiary/aromatic N) is 2. The van der Waals surface area contributed by atoms with Gasteiger partial charge in [-0.3, -0.25) is 0 Å². The Kier molecular flexibility index (Phi) is 6.78. The molecule has 0 saturated carbocycles. The summed E-state index contributed by atoms with van der Waals surface area (Å²) >= 11 is 0. The van der Waals surface area contributed by atoms with Crippen LogP contribution in [0.4, 0.5) is 17.1 Å². The van der Waals surface area contributed by atoms with Crippen molar-refractivity contribution in [3.05, 3.63) is 181 Å². The third-order valence-corrected chi connectivity index (χ3v) is 10.9. The van der Waals surface area contributed by atoms with Gasteiger partial charge in [0.25, 0.3) is 0 Å². The number of anilines is 3. The molecule has 2 nitrogen and oxygen atoms in total. The maximum atomic E-state index is 2.45. The largest absolute Gasteiger partial charge is 0.310 e. The van der Waals surface area contributed by atoms with Crippen LogP contribution in [0.3, 0.4) is 0 Å². The molecular weight excluding hydrogens is 629 g/mol. The Bertz CT molecular complexity index is 2850. The zero-order valence-electron chi connectivity index (χ0n) is 29.6. The van der Waals surface area contributed by atoms with Crippen molar-refractivity contribution in [3.63, 3.8) is 0 Å². The predicted octanol–water partition coefficient (Wildman–Crippen LogP) is 14.1. The lowest BCUT2D eigenvalue weighted by Gasteiger charge is -2.28. The summed E-state index contributed by atoms with van der Waals surface area (Å²) in [6.07, 6.45) is 0. The smallest absolute Gasteiger partial charge is 0.0541 e. The highest BCUT2D eigenvalue weighted by Gasteiger charge is 2.21. The highest BCUT2D eigenvalue weighted by molar-refractivity contribution is 6.27.